The van der Waals surface area contributed by atoms with Crippen LogP contribution in [0.2, 0.25) is 0 Å². The van der Waals surface area contributed by atoms with Crippen LogP contribution in [0.4, 0.5) is 13.2 Å². The molecule has 0 spiro atoms. The molecule has 0 aliphatic carbocycles. The van der Waals surface area contributed by atoms with Gasteiger partial charge in [-0.25, -0.2) is 0 Å². The van der Waals surface area contributed by atoms with Gasteiger partial charge in [-0.1, -0.05) is 12.1 Å². The first kappa shape index (κ1) is 15.8. The zero-order valence-corrected chi connectivity index (χ0v) is 11.2. The first-order valence-electron chi connectivity index (χ1n) is 6.31. The molecule has 7 heteroatoms. The maximum absolute atomic E-state index is 12.8. The number of aromatic nitrogens is 1. The van der Waals surface area contributed by atoms with Crippen molar-refractivity contribution in [3.8, 4) is 5.75 Å². The average molecular weight is 311 g/mol. The summed E-state index contributed by atoms with van der Waals surface area (Å²) in [5, 5.41) is 9.21. The highest BCUT2D eigenvalue weighted by Crippen LogP contribution is 2.36. The van der Waals surface area contributed by atoms with Crippen LogP contribution in [0, 0.1) is 0 Å². The van der Waals surface area contributed by atoms with E-state index in [1.807, 2.05) is 0 Å². The number of aliphatic carboxylic acids is 1. The summed E-state index contributed by atoms with van der Waals surface area (Å²) in [6.45, 7) is -0.410. The zero-order chi connectivity index (χ0) is 16.2. The molecular weight excluding hydrogens is 299 g/mol. The molecule has 0 bridgehead atoms. The lowest BCUT2D eigenvalue weighted by Gasteiger charge is -2.17. The molecule has 0 fully saturated rings. The van der Waals surface area contributed by atoms with Crippen LogP contribution in [0.3, 0.4) is 0 Å². The summed E-state index contributed by atoms with van der Waals surface area (Å²) in [6.07, 6.45) is -1.74. The van der Waals surface area contributed by atoms with Crippen LogP contribution >= 0.6 is 0 Å². The highest BCUT2D eigenvalue weighted by atomic mass is 19.4. The molecule has 0 aliphatic rings. The van der Waals surface area contributed by atoms with Gasteiger partial charge in [0, 0.05) is 12.4 Å². The number of carbonyl (C=O) groups is 1. The summed E-state index contributed by atoms with van der Waals surface area (Å²) >= 11 is 0. The monoisotopic (exact) mass is 311 g/mol. The van der Waals surface area contributed by atoms with Gasteiger partial charge in [0.1, 0.15) is 18.3 Å². The maximum Gasteiger partial charge on any atom is 0.419 e. The van der Waals surface area contributed by atoms with E-state index in [0.717, 1.165) is 12.1 Å². The van der Waals surface area contributed by atoms with Crippen LogP contribution in [0.25, 0.3) is 0 Å². The molecule has 1 N–H and O–H groups in total. The van der Waals surface area contributed by atoms with Crippen molar-refractivity contribution in [2.75, 3.05) is 6.61 Å². The van der Waals surface area contributed by atoms with E-state index < -0.39 is 36.0 Å². The molecule has 22 heavy (non-hydrogen) atoms. The number of benzene rings is 1. The number of nitrogens with zero attached hydrogens (tertiary/aromatic N) is 1. The van der Waals surface area contributed by atoms with E-state index in [-0.39, 0.29) is 0 Å². The summed E-state index contributed by atoms with van der Waals surface area (Å²) < 4.78 is 43.7. The van der Waals surface area contributed by atoms with E-state index in [9.17, 15) is 23.1 Å². The Morgan fingerprint density at radius 3 is 2.41 bits per heavy atom. The van der Waals surface area contributed by atoms with E-state index in [2.05, 4.69) is 4.98 Å². The van der Waals surface area contributed by atoms with Crippen molar-refractivity contribution in [3.05, 3.63) is 59.9 Å². The third kappa shape index (κ3) is 3.75. The lowest BCUT2D eigenvalue weighted by atomic mass is 10.0. The molecule has 0 saturated carbocycles. The van der Waals surface area contributed by atoms with Crippen molar-refractivity contribution in [3.63, 3.8) is 0 Å². The zero-order valence-electron chi connectivity index (χ0n) is 11.2. The van der Waals surface area contributed by atoms with Crippen molar-refractivity contribution >= 4 is 5.97 Å². The normalized spacial score (nSPS) is 12.7. The molecule has 4 nitrogen and oxygen atoms in total. The first-order chi connectivity index (χ1) is 10.4. The van der Waals surface area contributed by atoms with Gasteiger partial charge in [-0.3, -0.25) is 9.78 Å². The minimum absolute atomic E-state index is 0.393. The van der Waals surface area contributed by atoms with E-state index in [1.165, 1.54) is 36.7 Å². The SMILES string of the molecule is O=C(O)C(COc1ccccc1C(F)(F)F)c1ccncc1. The van der Waals surface area contributed by atoms with Gasteiger partial charge in [0.15, 0.2) is 0 Å². The van der Waals surface area contributed by atoms with Crippen LogP contribution in [0.5, 0.6) is 5.75 Å². The Morgan fingerprint density at radius 2 is 1.82 bits per heavy atom. The molecule has 1 atom stereocenters. The Hall–Kier alpha value is -2.57. The third-order valence-electron chi connectivity index (χ3n) is 3.00. The third-order valence-corrected chi connectivity index (χ3v) is 3.00. The van der Waals surface area contributed by atoms with Crippen molar-refractivity contribution in [2.24, 2.45) is 0 Å². The Bertz CT molecular complexity index is 644. The molecule has 116 valence electrons. The minimum atomic E-state index is -4.56. The number of alkyl halides is 3. The highest BCUT2D eigenvalue weighted by molar-refractivity contribution is 5.76. The smallest absolute Gasteiger partial charge is 0.419 e. The molecule has 1 unspecified atom stereocenters. The molecular formula is C15H12F3NO3. The number of halogens is 3. The number of rotatable bonds is 5. The van der Waals surface area contributed by atoms with Crippen molar-refractivity contribution in [1.82, 2.24) is 4.98 Å². The molecule has 1 aromatic heterocycles. The molecule has 1 aromatic carbocycles. The van der Waals surface area contributed by atoms with E-state index in [1.54, 1.807) is 0 Å². The molecule has 0 amide bonds. The van der Waals surface area contributed by atoms with Crippen molar-refractivity contribution in [1.29, 1.82) is 0 Å². The predicted molar refractivity (Wildman–Crippen MR) is 71.6 cm³/mol. The van der Waals surface area contributed by atoms with Crippen molar-refractivity contribution in [2.45, 2.75) is 12.1 Å². The largest absolute Gasteiger partial charge is 0.492 e. The van der Waals surface area contributed by atoms with E-state index in [0.29, 0.717) is 5.56 Å². The molecule has 2 aromatic rings. The topological polar surface area (TPSA) is 59.4 Å². The van der Waals surface area contributed by atoms with Gasteiger partial charge < -0.3 is 9.84 Å². The van der Waals surface area contributed by atoms with Crippen LogP contribution < -0.4 is 4.74 Å². The molecule has 0 aliphatic heterocycles. The molecule has 0 radical (unpaired) electrons. The van der Waals surface area contributed by atoms with Gasteiger partial charge in [-0.05, 0) is 29.8 Å². The van der Waals surface area contributed by atoms with Gasteiger partial charge in [0.2, 0.25) is 0 Å². The Labute approximate surface area is 124 Å². The molecule has 2 rings (SSSR count). The predicted octanol–water partition coefficient (Wildman–Crippen LogP) is 3.35. The quantitative estimate of drug-likeness (QED) is 0.920. The van der Waals surface area contributed by atoms with Gasteiger partial charge in [-0.2, -0.15) is 13.2 Å². The fourth-order valence-corrected chi connectivity index (χ4v) is 1.91. The minimum Gasteiger partial charge on any atom is -0.492 e. The number of ether oxygens (including phenoxy) is 1. The fraction of sp³-hybridized carbons (Fsp3) is 0.200. The number of hydrogen-bond acceptors (Lipinski definition) is 3. The van der Waals surface area contributed by atoms with Gasteiger partial charge in [0.25, 0.3) is 0 Å². The maximum atomic E-state index is 12.8. The van der Waals surface area contributed by atoms with Gasteiger partial charge in [0.05, 0.1) is 5.56 Å². The average Bonchev–Trinajstić information content (AvgIpc) is 2.47. The summed E-state index contributed by atoms with van der Waals surface area (Å²) in [6, 6.07) is 7.65. The van der Waals surface area contributed by atoms with Crippen LogP contribution in [0.1, 0.15) is 17.0 Å². The summed E-state index contributed by atoms with van der Waals surface area (Å²) in [4.78, 5) is 15.0. The van der Waals surface area contributed by atoms with Crippen LogP contribution in [0.15, 0.2) is 48.8 Å². The van der Waals surface area contributed by atoms with Gasteiger partial charge >= 0.3 is 12.1 Å². The second-order valence-electron chi connectivity index (χ2n) is 4.48. The number of carboxylic acid groups (broad SMARTS) is 1. The first-order valence-corrected chi connectivity index (χ1v) is 6.31. The Balaban J connectivity index is 2.20. The number of carboxylic acids is 1. The fourth-order valence-electron chi connectivity index (χ4n) is 1.91. The standard InChI is InChI=1S/C15H12F3NO3/c16-15(17,18)12-3-1-2-4-13(12)22-9-11(14(20)21)10-5-7-19-8-6-10/h1-8,11H,9H2,(H,20,21). The second kappa shape index (κ2) is 6.46. The number of hydrogen-bond donors (Lipinski definition) is 1. The van der Waals surface area contributed by atoms with E-state index in [4.69, 9.17) is 4.74 Å². The summed E-state index contributed by atoms with van der Waals surface area (Å²) in [5.74, 6) is -2.66. The van der Waals surface area contributed by atoms with Crippen molar-refractivity contribution < 1.29 is 27.8 Å². The lowest BCUT2D eigenvalue weighted by molar-refractivity contribution is -0.140. The van der Waals surface area contributed by atoms with E-state index >= 15 is 0 Å². The summed E-state index contributed by atoms with van der Waals surface area (Å²) in [5.41, 5.74) is -0.527. The number of para-hydroxylation sites is 1. The van der Waals surface area contributed by atoms with Crippen LogP contribution in [-0.2, 0) is 11.0 Å². The highest BCUT2D eigenvalue weighted by Gasteiger charge is 2.34. The Morgan fingerprint density at radius 1 is 1.18 bits per heavy atom. The summed E-state index contributed by atoms with van der Waals surface area (Å²) in [7, 11) is 0. The number of pyridine rings is 1. The second-order valence-corrected chi connectivity index (χ2v) is 4.48. The Kier molecular flexibility index (Phi) is 4.65. The molecule has 0 saturated heterocycles. The van der Waals surface area contributed by atoms with Crippen LogP contribution in [-0.4, -0.2) is 22.7 Å². The lowest BCUT2D eigenvalue weighted by Crippen LogP contribution is -2.20. The molecule has 1 heterocycles. The van der Waals surface area contributed by atoms with Gasteiger partial charge in [-0.15, -0.1) is 0 Å².